The van der Waals surface area contributed by atoms with Gasteiger partial charge in [-0.05, 0) is 51.6 Å². The van der Waals surface area contributed by atoms with Crippen LogP contribution < -0.4 is 5.32 Å². The van der Waals surface area contributed by atoms with Crippen molar-refractivity contribution in [2.45, 2.75) is 45.1 Å². The normalized spacial score (nSPS) is 20.1. The molecule has 1 aliphatic carbocycles. The molecule has 1 N–H and O–H groups in total. The molecule has 0 unspecified atom stereocenters. The molecule has 23 heavy (non-hydrogen) atoms. The summed E-state index contributed by atoms with van der Waals surface area (Å²) < 4.78 is 5.38. The Morgan fingerprint density at radius 1 is 1.35 bits per heavy atom. The van der Waals surface area contributed by atoms with Crippen LogP contribution in [0.3, 0.4) is 0 Å². The number of hydrogen-bond donors (Lipinski definition) is 1. The topological polar surface area (TPSA) is 54.5 Å². The van der Waals surface area contributed by atoms with E-state index in [1.807, 2.05) is 11.9 Å². The lowest BCUT2D eigenvalue weighted by molar-refractivity contribution is -0.146. The van der Waals surface area contributed by atoms with Crippen LogP contribution in [0.1, 0.15) is 41.3 Å². The van der Waals surface area contributed by atoms with Crippen molar-refractivity contribution in [3.63, 3.8) is 0 Å². The number of aryl methyl sites for hydroxylation is 2. The van der Waals surface area contributed by atoms with Gasteiger partial charge in [-0.2, -0.15) is 0 Å². The summed E-state index contributed by atoms with van der Waals surface area (Å²) in [6.07, 6.45) is 6.46. The van der Waals surface area contributed by atoms with Gasteiger partial charge in [-0.1, -0.05) is 0 Å². The predicted octanol–water partition coefficient (Wildman–Crippen LogP) is 2.00. The van der Waals surface area contributed by atoms with Gasteiger partial charge in [0.25, 0.3) is 0 Å². The number of hydrogen-bond acceptors (Lipinski definition) is 5. The maximum absolute atomic E-state index is 13.1. The van der Waals surface area contributed by atoms with E-state index >= 15 is 0 Å². The van der Waals surface area contributed by atoms with Gasteiger partial charge >= 0.3 is 0 Å². The molecule has 0 bridgehead atoms. The van der Waals surface area contributed by atoms with Gasteiger partial charge < -0.3 is 15.0 Å². The van der Waals surface area contributed by atoms with Crippen LogP contribution in [0.4, 0.5) is 0 Å². The molecule has 0 aromatic carbocycles. The summed E-state index contributed by atoms with van der Waals surface area (Å²) in [5.74, 6) is 0.203. The van der Waals surface area contributed by atoms with Crippen molar-refractivity contribution in [3.05, 3.63) is 15.6 Å². The van der Waals surface area contributed by atoms with Crippen molar-refractivity contribution >= 4 is 17.2 Å². The second kappa shape index (κ2) is 7.28. The highest BCUT2D eigenvalue weighted by atomic mass is 32.1. The van der Waals surface area contributed by atoms with Gasteiger partial charge in [0, 0.05) is 19.0 Å². The van der Waals surface area contributed by atoms with Crippen molar-refractivity contribution in [2.24, 2.45) is 5.41 Å². The fraction of sp³-hybridized carbons (Fsp3) is 0.765. The lowest BCUT2D eigenvalue weighted by Gasteiger charge is -2.38. The summed E-state index contributed by atoms with van der Waals surface area (Å²) in [6, 6.07) is 0. The minimum absolute atomic E-state index is 0.203. The van der Waals surface area contributed by atoms with Crippen LogP contribution >= 0.6 is 11.3 Å². The van der Waals surface area contributed by atoms with Crippen LogP contribution in [-0.2, 0) is 28.9 Å². The Morgan fingerprint density at radius 3 is 2.78 bits per heavy atom. The molecule has 0 atom stereocenters. The lowest BCUT2D eigenvalue weighted by Crippen LogP contribution is -2.50. The van der Waals surface area contributed by atoms with Gasteiger partial charge in [-0.3, -0.25) is 4.79 Å². The second-order valence-electron chi connectivity index (χ2n) is 6.81. The van der Waals surface area contributed by atoms with E-state index in [4.69, 9.17) is 9.72 Å². The van der Waals surface area contributed by atoms with E-state index in [2.05, 4.69) is 5.32 Å². The van der Waals surface area contributed by atoms with Gasteiger partial charge in [0.15, 0.2) is 0 Å². The standard InChI is InChI=1S/C17H27N3O2S/c1-20(11-15-19-13-5-3-4-6-14(13)23-15)16(21)17(12-22-2)7-9-18-10-8-17/h18H,3-12H2,1-2H3. The largest absolute Gasteiger partial charge is 0.384 e. The average molecular weight is 337 g/mol. The lowest BCUT2D eigenvalue weighted by atomic mass is 9.78. The average Bonchev–Trinajstić information content (AvgIpc) is 2.97. The van der Waals surface area contributed by atoms with E-state index in [0.29, 0.717) is 13.2 Å². The number of methoxy groups -OCH3 is 1. The highest BCUT2D eigenvalue weighted by Crippen LogP contribution is 2.33. The Bertz CT molecular complexity index is 523. The molecule has 128 valence electrons. The number of thiazole rings is 1. The van der Waals surface area contributed by atoms with Crippen LogP contribution in [0.2, 0.25) is 0 Å². The molecule has 3 rings (SSSR count). The molecule has 1 aromatic heterocycles. The number of nitrogens with one attached hydrogen (secondary N) is 1. The molecule has 6 heteroatoms. The number of aromatic nitrogens is 1. The smallest absolute Gasteiger partial charge is 0.231 e. The van der Waals surface area contributed by atoms with Crippen molar-refractivity contribution in [1.29, 1.82) is 0 Å². The van der Waals surface area contributed by atoms with Crippen LogP contribution in [0, 0.1) is 5.41 Å². The van der Waals surface area contributed by atoms with Crippen LogP contribution in [0.5, 0.6) is 0 Å². The molecule has 1 fully saturated rings. The highest BCUT2D eigenvalue weighted by molar-refractivity contribution is 7.11. The van der Waals surface area contributed by atoms with Gasteiger partial charge in [0.2, 0.25) is 5.91 Å². The number of amides is 1. The van der Waals surface area contributed by atoms with Crippen LogP contribution in [0.25, 0.3) is 0 Å². The molecule has 1 aromatic rings. The summed E-state index contributed by atoms with van der Waals surface area (Å²) in [5, 5.41) is 4.42. The number of carbonyl (C=O) groups excluding carboxylic acids is 1. The summed E-state index contributed by atoms with van der Waals surface area (Å²) in [7, 11) is 3.59. The zero-order valence-electron chi connectivity index (χ0n) is 14.2. The quantitative estimate of drug-likeness (QED) is 0.893. The monoisotopic (exact) mass is 337 g/mol. The van der Waals surface area contributed by atoms with E-state index in [1.54, 1.807) is 18.4 Å². The fourth-order valence-corrected chi connectivity index (χ4v) is 4.96. The summed E-state index contributed by atoms with van der Waals surface area (Å²) in [4.78, 5) is 21.1. The van der Waals surface area contributed by atoms with E-state index < -0.39 is 0 Å². The zero-order valence-corrected chi connectivity index (χ0v) is 15.0. The highest BCUT2D eigenvalue weighted by Gasteiger charge is 2.41. The fourth-order valence-electron chi connectivity index (χ4n) is 3.75. The number of fused-ring (bicyclic) bond motifs is 1. The van der Waals surface area contributed by atoms with Gasteiger partial charge in [0.1, 0.15) is 5.01 Å². The van der Waals surface area contributed by atoms with E-state index in [0.717, 1.165) is 43.8 Å². The molecular formula is C17H27N3O2S. The first kappa shape index (κ1) is 16.9. The number of piperidine rings is 1. The minimum atomic E-state index is -0.369. The first-order valence-corrected chi connectivity index (χ1v) is 9.39. The van der Waals surface area contributed by atoms with Crippen LogP contribution in [-0.4, -0.2) is 49.6 Å². The minimum Gasteiger partial charge on any atom is -0.384 e. The van der Waals surface area contributed by atoms with Gasteiger partial charge in [0.05, 0.1) is 24.3 Å². The molecule has 2 heterocycles. The molecule has 5 nitrogen and oxygen atoms in total. The number of nitrogens with zero attached hydrogens (tertiary/aromatic N) is 2. The van der Waals surface area contributed by atoms with Crippen molar-refractivity contribution in [2.75, 3.05) is 33.9 Å². The SMILES string of the molecule is COCC1(C(=O)N(C)Cc2nc3c(s2)CCCC3)CCNCC1. The first-order chi connectivity index (χ1) is 11.1. The molecule has 2 aliphatic rings. The molecule has 1 aliphatic heterocycles. The Balaban J connectivity index is 1.69. The Labute approximate surface area is 142 Å². The van der Waals surface area contributed by atoms with E-state index in [1.165, 1.54) is 23.4 Å². The summed E-state index contributed by atoms with van der Waals surface area (Å²) in [5.41, 5.74) is 0.900. The maximum atomic E-state index is 13.1. The molecule has 1 amide bonds. The number of ether oxygens (including phenoxy) is 1. The molecule has 1 saturated heterocycles. The number of rotatable bonds is 5. The zero-order chi connectivity index (χ0) is 16.3. The third-order valence-electron chi connectivity index (χ3n) is 5.04. The summed E-state index contributed by atoms with van der Waals surface area (Å²) >= 11 is 1.79. The van der Waals surface area contributed by atoms with E-state index in [9.17, 15) is 4.79 Å². The Hall–Kier alpha value is -0.980. The molecule has 0 spiro atoms. The van der Waals surface area contributed by atoms with Crippen molar-refractivity contribution in [3.8, 4) is 0 Å². The first-order valence-electron chi connectivity index (χ1n) is 8.57. The Kier molecular flexibility index (Phi) is 5.34. The molecular weight excluding hydrogens is 310 g/mol. The second-order valence-corrected chi connectivity index (χ2v) is 7.98. The molecule has 0 radical (unpaired) electrons. The maximum Gasteiger partial charge on any atom is 0.231 e. The Morgan fingerprint density at radius 2 is 2.09 bits per heavy atom. The van der Waals surface area contributed by atoms with Crippen molar-refractivity contribution in [1.82, 2.24) is 15.2 Å². The molecule has 0 saturated carbocycles. The number of carbonyl (C=O) groups is 1. The van der Waals surface area contributed by atoms with Crippen molar-refractivity contribution < 1.29 is 9.53 Å². The van der Waals surface area contributed by atoms with E-state index in [-0.39, 0.29) is 11.3 Å². The third-order valence-corrected chi connectivity index (χ3v) is 6.19. The van der Waals surface area contributed by atoms with Crippen LogP contribution in [0.15, 0.2) is 0 Å². The summed E-state index contributed by atoms with van der Waals surface area (Å²) in [6.45, 7) is 2.89. The third kappa shape index (κ3) is 3.59. The van der Waals surface area contributed by atoms with Gasteiger partial charge in [-0.25, -0.2) is 4.98 Å². The predicted molar refractivity (Wildman–Crippen MR) is 91.6 cm³/mol. The van der Waals surface area contributed by atoms with Gasteiger partial charge in [-0.15, -0.1) is 11.3 Å².